The maximum Gasteiger partial charge on any atom is 0.264 e. The lowest BCUT2D eigenvalue weighted by atomic mass is 10.1. The van der Waals surface area contributed by atoms with Gasteiger partial charge >= 0.3 is 0 Å². The number of rotatable bonds is 12. The number of hydrogen-bond donors (Lipinski definition) is 1. The van der Waals surface area contributed by atoms with Crippen LogP contribution in [0.2, 0.25) is 10.0 Å². The molecule has 0 fully saturated rings. The van der Waals surface area contributed by atoms with E-state index in [4.69, 9.17) is 32.7 Å². The van der Waals surface area contributed by atoms with E-state index in [9.17, 15) is 18.0 Å². The summed E-state index contributed by atoms with van der Waals surface area (Å²) >= 11 is 12.4. The average Bonchev–Trinajstić information content (AvgIpc) is 2.96. The van der Waals surface area contributed by atoms with Gasteiger partial charge in [0.2, 0.25) is 11.8 Å². The van der Waals surface area contributed by atoms with Crippen molar-refractivity contribution < 1.29 is 27.5 Å². The van der Waals surface area contributed by atoms with E-state index < -0.39 is 34.1 Å². The molecule has 9 nitrogen and oxygen atoms in total. The van der Waals surface area contributed by atoms with E-state index in [1.165, 1.54) is 37.3 Å². The molecule has 1 atom stereocenters. The van der Waals surface area contributed by atoms with Gasteiger partial charge in [0, 0.05) is 18.2 Å². The van der Waals surface area contributed by atoms with Crippen LogP contribution in [0.15, 0.2) is 71.6 Å². The molecule has 12 heteroatoms. The molecule has 0 aliphatic rings. The molecule has 0 heterocycles. The van der Waals surface area contributed by atoms with Crippen LogP contribution in [0.1, 0.15) is 39.7 Å². The molecule has 232 valence electrons. The minimum Gasteiger partial charge on any atom is -0.497 e. The Hall–Kier alpha value is -3.47. The lowest BCUT2D eigenvalue weighted by Gasteiger charge is -2.35. The van der Waals surface area contributed by atoms with Gasteiger partial charge in [-0.1, -0.05) is 54.4 Å². The first-order valence-corrected chi connectivity index (χ1v) is 15.8. The van der Waals surface area contributed by atoms with Crippen molar-refractivity contribution in [2.24, 2.45) is 0 Å². The maximum absolute atomic E-state index is 14.3. The van der Waals surface area contributed by atoms with Crippen molar-refractivity contribution in [3.05, 3.63) is 82.3 Å². The molecule has 0 spiro atoms. The van der Waals surface area contributed by atoms with Gasteiger partial charge in [0.25, 0.3) is 10.0 Å². The van der Waals surface area contributed by atoms with Gasteiger partial charge in [-0.05, 0) is 69.2 Å². The first kappa shape index (κ1) is 34.0. The van der Waals surface area contributed by atoms with E-state index in [0.29, 0.717) is 16.3 Å². The lowest BCUT2D eigenvalue weighted by molar-refractivity contribution is -0.141. The second-order valence-electron chi connectivity index (χ2n) is 10.8. The smallest absolute Gasteiger partial charge is 0.264 e. The second kappa shape index (κ2) is 14.3. The number of sulfonamides is 1. The zero-order chi connectivity index (χ0) is 31.9. The summed E-state index contributed by atoms with van der Waals surface area (Å²) in [5, 5.41) is 3.56. The molecule has 0 bridgehead atoms. The molecular weight excluding hydrogens is 613 g/mol. The fraction of sp³-hybridized carbons (Fsp3) is 0.355. The molecule has 43 heavy (non-hydrogen) atoms. The Labute approximate surface area is 263 Å². The SMILES string of the molecule is CC[C@H](C(=O)NC(C)(C)C)N(Cc1ccc(Cl)c(Cl)c1)C(=O)CN(c1cc(OC)ccc1OC)S(=O)(=O)c1ccccc1. The number of carbonyl (C=O) groups is 2. The third-order valence-electron chi connectivity index (χ3n) is 6.49. The van der Waals surface area contributed by atoms with Crippen molar-refractivity contribution >= 4 is 50.7 Å². The highest BCUT2D eigenvalue weighted by Crippen LogP contribution is 2.36. The zero-order valence-electron chi connectivity index (χ0n) is 25.1. The predicted octanol–water partition coefficient (Wildman–Crippen LogP) is 5.93. The lowest BCUT2D eigenvalue weighted by Crippen LogP contribution is -2.55. The molecule has 3 rings (SSSR count). The molecule has 3 aromatic rings. The summed E-state index contributed by atoms with van der Waals surface area (Å²) < 4.78 is 40.1. The van der Waals surface area contributed by atoms with Crippen molar-refractivity contribution in [1.82, 2.24) is 10.2 Å². The van der Waals surface area contributed by atoms with Gasteiger partial charge in [0.1, 0.15) is 24.1 Å². The standard InChI is InChI=1S/C31H37Cl2N3O6S/c1-7-26(30(38)34-31(2,3)4)35(19-21-13-15-24(32)25(33)17-21)29(37)20-36(43(39,40)23-11-9-8-10-12-23)27-18-22(41-5)14-16-28(27)42-6/h8-18,26H,7,19-20H2,1-6H3,(H,34,38)/t26-/m1/s1. The minimum absolute atomic E-state index is 0.0266. The summed E-state index contributed by atoms with van der Waals surface area (Å²) in [4.78, 5) is 29.1. The van der Waals surface area contributed by atoms with Gasteiger partial charge in [0.05, 0.1) is 34.8 Å². The van der Waals surface area contributed by atoms with Crippen LogP contribution < -0.4 is 19.1 Å². The number of benzene rings is 3. The topological polar surface area (TPSA) is 105 Å². The van der Waals surface area contributed by atoms with E-state index in [0.717, 1.165) is 4.31 Å². The van der Waals surface area contributed by atoms with Crippen LogP contribution in [0, 0.1) is 0 Å². The number of nitrogens with zero attached hydrogens (tertiary/aromatic N) is 2. The van der Waals surface area contributed by atoms with Crippen LogP contribution >= 0.6 is 23.2 Å². The first-order valence-electron chi connectivity index (χ1n) is 13.6. The number of hydrogen-bond acceptors (Lipinski definition) is 6. The zero-order valence-corrected chi connectivity index (χ0v) is 27.4. The third-order valence-corrected chi connectivity index (χ3v) is 9.00. The van der Waals surface area contributed by atoms with Gasteiger partial charge in [0.15, 0.2) is 0 Å². The average molecular weight is 651 g/mol. The Bertz CT molecular complexity index is 1540. The Morgan fingerprint density at radius 3 is 2.16 bits per heavy atom. The normalized spacial score (nSPS) is 12.3. The van der Waals surface area contributed by atoms with Gasteiger partial charge in [-0.15, -0.1) is 0 Å². The Kier molecular flexibility index (Phi) is 11.3. The van der Waals surface area contributed by atoms with Crippen LogP contribution in [0.4, 0.5) is 5.69 Å². The fourth-order valence-corrected chi connectivity index (χ4v) is 6.19. The van der Waals surface area contributed by atoms with Gasteiger partial charge in [-0.2, -0.15) is 0 Å². The van der Waals surface area contributed by atoms with Gasteiger partial charge in [-0.25, -0.2) is 8.42 Å². The van der Waals surface area contributed by atoms with Gasteiger partial charge in [-0.3, -0.25) is 13.9 Å². The van der Waals surface area contributed by atoms with Crippen molar-refractivity contribution in [3.8, 4) is 11.5 Å². The van der Waals surface area contributed by atoms with Crippen molar-refractivity contribution in [2.45, 2.75) is 57.1 Å². The second-order valence-corrected chi connectivity index (χ2v) is 13.5. The molecule has 0 saturated heterocycles. The largest absolute Gasteiger partial charge is 0.497 e. The van der Waals surface area contributed by atoms with Crippen LogP contribution in [0.5, 0.6) is 11.5 Å². The van der Waals surface area contributed by atoms with Crippen LogP contribution in [-0.2, 0) is 26.2 Å². The molecule has 0 aliphatic carbocycles. The summed E-state index contributed by atoms with van der Waals surface area (Å²) in [7, 11) is -1.44. The number of halogens is 2. The quantitative estimate of drug-likeness (QED) is 0.261. The summed E-state index contributed by atoms with van der Waals surface area (Å²) in [5.41, 5.74) is 0.140. The summed E-state index contributed by atoms with van der Waals surface area (Å²) in [5.74, 6) is -0.423. The van der Waals surface area contributed by atoms with E-state index in [1.54, 1.807) is 55.5 Å². The molecule has 0 radical (unpaired) electrons. The van der Waals surface area contributed by atoms with Crippen molar-refractivity contribution in [3.63, 3.8) is 0 Å². The Morgan fingerprint density at radius 2 is 1.60 bits per heavy atom. The summed E-state index contributed by atoms with van der Waals surface area (Å²) in [6, 6.07) is 16.4. The monoisotopic (exact) mass is 649 g/mol. The first-order chi connectivity index (χ1) is 20.2. The molecule has 1 N–H and O–H groups in total. The molecule has 0 aliphatic heterocycles. The van der Waals surface area contributed by atoms with E-state index >= 15 is 0 Å². The molecule has 3 aromatic carbocycles. The molecule has 0 saturated carbocycles. The molecule has 0 unspecified atom stereocenters. The number of nitrogens with one attached hydrogen (secondary N) is 1. The molecule has 0 aromatic heterocycles. The highest BCUT2D eigenvalue weighted by molar-refractivity contribution is 7.92. The summed E-state index contributed by atoms with van der Waals surface area (Å²) in [6.45, 7) is 6.64. The Morgan fingerprint density at radius 1 is 0.930 bits per heavy atom. The fourth-order valence-electron chi connectivity index (χ4n) is 4.43. The number of anilines is 1. The maximum atomic E-state index is 14.3. The summed E-state index contributed by atoms with van der Waals surface area (Å²) in [6.07, 6.45) is 0.267. The van der Waals surface area contributed by atoms with E-state index in [1.807, 2.05) is 20.8 Å². The van der Waals surface area contributed by atoms with Crippen molar-refractivity contribution in [1.29, 1.82) is 0 Å². The predicted molar refractivity (Wildman–Crippen MR) is 170 cm³/mol. The third kappa shape index (κ3) is 8.55. The van der Waals surface area contributed by atoms with E-state index in [2.05, 4.69) is 5.32 Å². The highest BCUT2D eigenvalue weighted by Gasteiger charge is 2.35. The molecule has 2 amide bonds. The molecular formula is C31H37Cl2N3O6S. The van der Waals surface area contributed by atoms with Crippen LogP contribution in [-0.4, -0.2) is 57.5 Å². The number of methoxy groups -OCH3 is 2. The van der Waals surface area contributed by atoms with Crippen molar-refractivity contribution in [2.75, 3.05) is 25.1 Å². The Balaban J connectivity index is 2.16. The van der Waals surface area contributed by atoms with Gasteiger partial charge < -0.3 is 19.7 Å². The van der Waals surface area contributed by atoms with Crippen LogP contribution in [0.25, 0.3) is 0 Å². The number of amides is 2. The highest BCUT2D eigenvalue weighted by atomic mass is 35.5. The van der Waals surface area contributed by atoms with E-state index in [-0.39, 0.29) is 40.2 Å². The minimum atomic E-state index is -4.30. The number of carbonyl (C=O) groups excluding carboxylic acids is 2. The van der Waals surface area contributed by atoms with Crippen LogP contribution in [0.3, 0.4) is 0 Å². The number of ether oxygens (including phenoxy) is 2.